The number of thiazole rings is 1. The van der Waals surface area contributed by atoms with Crippen LogP contribution in [0.4, 0.5) is 13.2 Å². The zero-order valence-electron chi connectivity index (χ0n) is 11.6. The SMILES string of the molecule is CCCNCc1sc(CC(F)(F)F)nc1CC(C)C. The van der Waals surface area contributed by atoms with Crippen LogP contribution in [0.5, 0.6) is 0 Å². The molecule has 0 bridgehead atoms. The summed E-state index contributed by atoms with van der Waals surface area (Å²) in [5.74, 6) is 0.394. The van der Waals surface area contributed by atoms with Gasteiger partial charge in [0, 0.05) is 11.4 Å². The molecule has 0 aliphatic heterocycles. The lowest BCUT2D eigenvalue weighted by molar-refractivity contribution is -0.127. The quantitative estimate of drug-likeness (QED) is 0.770. The normalized spacial score (nSPS) is 12.4. The van der Waals surface area contributed by atoms with Crippen molar-refractivity contribution in [2.45, 2.75) is 52.8 Å². The van der Waals surface area contributed by atoms with Gasteiger partial charge < -0.3 is 5.32 Å². The minimum Gasteiger partial charge on any atom is -0.312 e. The lowest BCUT2D eigenvalue weighted by Gasteiger charge is -2.05. The summed E-state index contributed by atoms with van der Waals surface area (Å²) in [5.41, 5.74) is 0.822. The molecule has 0 spiro atoms. The van der Waals surface area contributed by atoms with Gasteiger partial charge in [-0.15, -0.1) is 11.3 Å². The lowest BCUT2D eigenvalue weighted by Crippen LogP contribution is -2.14. The molecule has 2 nitrogen and oxygen atoms in total. The van der Waals surface area contributed by atoms with Crippen molar-refractivity contribution < 1.29 is 13.2 Å². The van der Waals surface area contributed by atoms with E-state index in [0.29, 0.717) is 12.5 Å². The van der Waals surface area contributed by atoms with Crippen molar-refractivity contribution in [3.8, 4) is 0 Å². The van der Waals surface area contributed by atoms with Crippen molar-refractivity contribution in [3.05, 3.63) is 15.6 Å². The van der Waals surface area contributed by atoms with Gasteiger partial charge in [0.25, 0.3) is 0 Å². The Balaban J connectivity index is 2.79. The zero-order chi connectivity index (χ0) is 14.5. The van der Waals surface area contributed by atoms with Crippen molar-refractivity contribution in [3.63, 3.8) is 0 Å². The molecule has 19 heavy (non-hydrogen) atoms. The van der Waals surface area contributed by atoms with Gasteiger partial charge in [0.2, 0.25) is 0 Å². The van der Waals surface area contributed by atoms with Gasteiger partial charge in [0.1, 0.15) is 5.01 Å². The van der Waals surface area contributed by atoms with Crippen LogP contribution in [-0.2, 0) is 19.4 Å². The van der Waals surface area contributed by atoms with E-state index >= 15 is 0 Å². The van der Waals surface area contributed by atoms with Gasteiger partial charge >= 0.3 is 6.18 Å². The predicted octanol–water partition coefficient (Wildman–Crippen LogP) is 3.95. The molecule has 0 atom stereocenters. The summed E-state index contributed by atoms with van der Waals surface area (Å²) in [5, 5.41) is 3.41. The Labute approximate surface area is 116 Å². The van der Waals surface area contributed by atoms with E-state index in [4.69, 9.17) is 0 Å². The third kappa shape index (κ3) is 6.38. The summed E-state index contributed by atoms with van der Waals surface area (Å²) in [6.07, 6.45) is -3.36. The average Bonchev–Trinajstić information content (AvgIpc) is 2.57. The number of hydrogen-bond donors (Lipinski definition) is 1. The van der Waals surface area contributed by atoms with Gasteiger partial charge in [-0.1, -0.05) is 20.8 Å². The van der Waals surface area contributed by atoms with Crippen LogP contribution in [0.25, 0.3) is 0 Å². The van der Waals surface area contributed by atoms with E-state index in [0.717, 1.165) is 30.0 Å². The second-order valence-corrected chi connectivity index (χ2v) is 6.21. The van der Waals surface area contributed by atoms with Crippen molar-refractivity contribution >= 4 is 11.3 Å². The summed E-state index contributed by atoms with van der Waals surface area (Å²) < 4.78 is 37.2. The van der Waals surface area contributed by atoms with E-state index < -0.39 is 12.6 Å². The molecule has 0 aromatic carbocycles. The highest BCUT2D eigenvalue weighted by atomic mass is 32.1. The molecule has 0 radical (unpaired) electrons. The number of nitrogens with one attached hydrogen (secondary N) is 1. The molecule has 0 fully saturated rings. The standard InChI is InChI=1S/C13H21F3N2S/c1-4-5-17-8-11-10(6-9(2)3)18-12(19-11)7-13(14,15)16/h9,17H,4-8H2,1-3H3. The second-order valence-electron chi connectivity index (χ2n) is 5.04. The van der Waals surface area contributed by atoms with Crippen LogP contribution in [-0.4, -0.2) is 17.7 Å². The molecule has 110 valence electrons. The van der Waals surface area contributed by atoms with E-state index in [9.17, 15) is 13.2 Å². The third-order valence-corrected chi connectivity index (χ3v) is 3.59. The number of halogens is 3. The number of nitrogens with zero attached hydrogens (tertiary/aromatic N) is 1. The van der Waals surface area contributed by atoms with Crippen LogP contribution in [0.3, 0.4) is 0 Å². The highest BCUT2D eigenvalue weighted by molar-refractivity contribution is 7.11. The highest BCUT2D eigenvalue weighted by Gasteiger charge is 2.30. The molecule has 0 saturated heterocycles. The van der Waals surface area contributed by atoms with Crippen molar-refractivity contribution in [1.29, 1.82) is 0 Å². The van der Waals surface area contributed by atoms with Gasteiger partial charge in [0.05, 0.1) is 12.1 Å². The maximum Gasteiger partial charge on any atom is 0.395 e. The van der Waals surface area contributed by atoms with Gasteiger partial charge in [-0.2, -0.15) is 13.2 Å². The Morgan fingerprint density at radius 2 is 2.00 bits per heavy atom. The minimum absolute atomic E-state index is 0.177. The first-order valence-corrected chi connectivity index (χ1v) is 7.38. The Kier molecular flexibility index (Phi) is 6.26. The van der Waals surface area contributed by atoms with E-state index in [1.165, 1.54) is 11.3 Å². The summed E-state index contributed by atoms with van der Waals surface area (Å²) in [7, 11) is 0. The molecule has 0 saturated carbocycles. The molecule has 1 rings (SSSR count). The maximum atomic E-state index is 12.4. The van der Waals surface area contributed by atoms with Gasteiger partial charge in [-0.25, -0.2) is 4.98 Å². The Morgan fingerprint density at radius 1 is 1.32 bits per heavy atom. The molecule has 1 N–H and O–H groups in total. The topological polar surface area (TPSA) is 24.9 Å². The van der Waals surface area contributed by atoms with Crippen LogP contribution in [0.1, 0.15) is 42.8 Å². The molecule has 1 aromatic rings. The van der Waals surface area contributed by atoms with Gasteiger partial charge in [-0.05, 0) is 25.3 Å². The zero-order valence-corrected chi connectivity index (χ0v) is 12.4. The Morgan fingerprint density at radius 3 is 2.53 bits per heavy atom. The first kappa shape index (κ1) is 16.4. The minimum atomic E-state index is -4.18. The Bertz CT molecular complexity index is 386. The van der Waals surface area contributed by atoms with Gasteiger partial charge in [0.15, 0.2) is 0 Å². The molecule has 0 aliphatic carbocycles. The lowest BCUT2D eigenvalue weighted by atomic mass is 10.1. The third-order valence-electron chi connectivity index (χ3n) is 2.49. The monoisotopic (exact) mass is 294 g/mol. The predicted molar refractivity (Wildman–Crippen MR) is 72.4 cm³/mol. The molecule has 1 heterocycles. The highest BCUT2D eigenvalue weighted by Crippen LogP contribution is 2.27. The fourth-order valence-electron chi connectivity index (χ4n) is 1.75. The molecular formula is C13H21F3N2S. The number of aromatic nitrogens is 1. The van der Waals surface area contributed by atoms with Crippen LogP contribution in [0.15, 0.2) is 0 Å². The smallest absolute Gasteiger partial charge is 0.312 e. The van der Waals surface area contributed by atoms with Crippen molar-refractivity contribution in [2.75, 3.05) is 6.54 Å². The summed E-state index contributed by atoms with van der Waals surface area (Å²) in [4.78, 5) is 5.12. The van der Waals surface area contributed by atoms with E-state index in [2.05, 4.69) is 17.2 Å². The summed E-state index contributed by atoms with van der Waals surface area (Å²) in [6.45, 7) is 7.64. The van der Waals surface area contributed by atoms with Gasteiger partial charge in [-0.3, -0.25) is 0 Å². The second kappa shape index (κ2) is 7.24. The van der Waals surface area contributed by atoms with Crippen LogP contribution in [0, 0.1) is 5.92 Å². The summed E-state index contributed by atoms with van der Waals surface area (Å²) in [6, 6.07) is 0. The Hall–Kier alpha value is -0.620. The largest absolute Gasteiger partial charge is 0.395 e. The molecule has 6 heteroatoms. The van der Waals surface area contributed by atoms with Crippen LogP contribution in [0.2, 0.25) is 0 Å². The van der Waals surface area contributed by atoms with Crippen molar-refractivity contribution in [2.24, 2.45) is 5.92 Å². The van der Waals surface area contributed by atoms with E-state index in [1.807, 2.05) is 13.8 Å². The molecule has 0 unspecified atom stereocenters. The molecule has 1 aromatic heterocycles. The fourth-order valence-corrected chi connectivity index (χ4v) is 2.84. The average molecular weight is 294 g/mol. The number of alkyl halides is 3. The first-order chi connectivity index (χ1) is 8.81. The first-order valence-electron chi connectivity index (χ1n) is 6.56. The molecule has 0 amide bonds. The van der Waals surface area contributed by atoms with Crippen LogP contribution >= 0.6 is 11.3 Å². The van der Waals surface area contributed by atoms with Crippen molar-refractivity contribution in [1.82, 2.24) is 10.3 Å². The van der Waals surface area contributed by atoms with E-state index in [-0.39, 0.29) is 5.01 Å². The molecular weight excluding hydrogens is 273 g/mol. The number of rotatable bonds is 7. The van der Waals surface area contributed by atoms with Crippen LogP contribution < -0.4 is 5.32 Å². The van der Waals surface area contributed by atoms with E-state index in [1.54, 1.807) is 0 Å². The number of hydrogen-bond acceptors (Lipinski definition) is 3. The fraction of sp³-hybridized carbons (Fsp3) is 0.769. The molecule has 0 aliphatic rings. The maximum absolute atomic E-state index is 12.4. The summed E-state index contributed by atoms with van der Waals surface area (Å²) >= 11 is 1.19.